The molecule has 7 heteroatoms. The summed E-state index contributed by atoms with van der Waals surface area (Å²) in [7, 11) is 0. The molecule has 0 fully saturated rings. The third-order valence-electron chi connectivity index (χ3n) is 2.76. The molecule has 0 bridgehead atoms. The average Bonchev–Trinajstić information content (AvgIpc) is 2.44. The predicted molar refractivity (Wildman–Crippen MR) is 82.1 cm³/mol. The molecule has 7 nitrogen and oxygen atoms in total. The van der Waals surface area contributed by atoms with Crippen LogP contribution in [0.5, 0.6) is 5.75 Å². The molecular weight excluding hydrogens is 288 g/mol. The number of ether oxygens (including phenoxy) is 1. The third-order valence-corrected chi connectivity index (χ3v) is 2.76. The lowest BCUT2D eigenvalue weighted by Gasteiger charge is -2.19. The van der Waals surface area contributed by atoms with E-state index in [1.807, 2.05) is 13.8 Å². The van der Waals surface area contributed by atoms with Gasteiger partial charge in [0.1, 0.15) is 5.75 Å². The van der Waals surface area contributed by atoms with Gasteiger partial charge in [-0.05, 0) is 25.0 Å². The number of para-hydroxylation sites is 2. The smallest absolute Gasteiger partial charge is 0.337 e. The number of amides is 2. The van der Waals surface area contributed by atoms with Gasteiger partial charge in [-0.3, -0.25) is 0 Å². The maximum absolute atomic E-state index is 11.8. The van der Waals surface area contributed by atoms with Crippen molar-refractivity contribution < 1.29 is 24.5 Å². The van der Waals surface area contributed by atoms with Crippen molar-refractivity contribution >= 4 is 17.7 Å². The van der Waals surface area contributed by atoms with Crippen molar-refractivity contribution in [3.8, 4) is 5.75 Å². The Labute approximate surface area is 129 Å². The third kappa shape index (κ3) is 5.61. The molecule has 1 aromatic rings. The van der Waals surface area contributed by atoms with Gasteiger partial charge in [0.05, 0.1) is 18.8 Å². The predicted octanol–water partition coefficient (Wildman–Crippen LogP) is 1.68. The first kappa shape index (κ1) is 17.8. The molecule has 22 heavy (non-hydrogen) atoms. The molecule has 0 heterocycles. The molecule has 0 aliphatic heterocycles. The zero-order chi connectivity index (χ0) is 16.8. The number of hydrogen-bond donors (Lipinski definition) is 4. The van der Waals surface area contributed by atoms with Gasteiger partial charge in [-0.15, -0.1) is 0 Å². The summed E-state index contributed by atoms with van der Waals surface area (Å²) in [6.45, 7) is 5.22. The fourth-order valence-corrected chi connectivity index (χ4v) is 1.45. The van der Waals surface area contributed by atoms with Crippen LogP contribution in [0, 0.1) is 5.92 Å². The number of nitrogens with one attached hydrogen (secondary N) is 2. The quantitative estimate of drug-likeness (QED) is 0.613. The summed E-state index contributed by atoms with van der Waals surface area (Å²) in [6.07, 6.45) is 0. The second kappa shape index (κ2) is 7.65. The van der Waals surface area contributed by atoms with Crippen LogP contribution in [0.2, 0.25) is 0 Å². The van der Waals surface area contributed by atoms with Crippen LogP contribution < -0.4 is 15.4 Å². The van der Waals surface area contributed by atoms with E-state index >= 15 is 0 Å². The summed E-state index contributed by atoms with van der Waals surface area (Å²) in [6, 6.07) is 6.30. The molecule has 1 aromatic carbocycles. The van der Waals surface area contributed by atoms with Gasteiger partial charge in [0.15, 0.2) is 5.60 Å². The maximum atomic E-state index is 11.8. The second-order valence-corrected chi connectivity index (χ2v) is 5.59. The van der Waals surface area contributed by atoms with Gasteiger partial charge in [-0.2, -0.15) is 0 Å². The van der Waals surface area contributed by atoms with Crippen LogP contribution in [-0.4, -0.2) is 41.0 Å². The van der Waals surface area contributed by atoms with E-state index in [1.165, 1.54) is 0 Å². The average molecular weight is 310 g/mol. The Morgan fingerprint density at radius 2 is 1.95 bits per heavy atom. The highest BCUT2D eigenvalue weighted by Gasteiger charge is 2.30. The summed E-state index contributed by atoms with van der Waals surface area (Å²) in [5.74, 6) is -0.544. The minimum Gasteiger partial charge on any atom is -0.491 e. The van der Waals surface area contributed by atoms with Crippen molar-refractivity contribution in [3.05, 3.63) is 24.3 Å². The lowest BCUT2D eigenvalue weighted by Crippen LogP contribution is -2.47. The molecular formula is C15H22N2O5. The topological polar surface area (TPSA) is 108 Å². The first-order valence-corrected chi connectivity index (χ1v) is 6.95. The van der Waals surface area contributed by atoms with Gasteiger partial charge in [-0.25, -0.2) is 9.59 Å². The second-order valence-electron chi connectivity index (χ2n) is 5.59. The molecule has 2 amide bonds. The molecule has 0 aliphatic rings. The van der Waals surface area contributed by atoms with Crippen molar-refractivity contribution in [3.63, 3.8) is 0 Å². The van der Waals surface area contributed by atoms with E-state index < -0.39 is 24.1 Å². The highest BCUT2D eigenvalue weighted by atomic mass is 16.5. The Hall–Kier alpha value is -2.28. The number of aliphatic hydroxyl groups is 1. The van der Waals surface area contributed by atoms with Gasteiger partial charge in [0.25, 0.3) is 0 Å². The minimum absolute atomic E-state index is 0.340. The summed E-state index contributed by atoms with van der Waals surface area (Å²) in [5, 5.41) is 23.2. The zero-order valence-corrected chi connectivity index (χ0v) is 12.9. The van der Waals surface area contributed by atoms with Crippen LogP contribution in [0.1, 0.15) is 20.8 Å². The number of urea groups is 1. The molecule has 1 atom stereocenters. The van der Waals surface area contributed by atoms with E-state index in [1.54, 1.807) is 24.3 Å². The monoisotopic (exact) mass is 310 g/mol. The molecule has 1 rings (SSSR count). The van der Waals surface area contributed by atoms with Crippen molar-refractivity contribution in [2.75, 3.05) is 18.5 Å². The van der Waals surface area contributed by atoms with Gasteiger partial charge in [-0.1, -0.05) is 26.0 Å². The van der Waals surface area contributed by atoms with E-state index in [4.69, 9.17) is 9.84 Å². The molecule has 4 N–H and O–H groups in total. The molecule has 0 radical (unpaired) electrons. The number of carboxylic acids is 1. The maximum Gasteiger partial charge on any atom is 0.337 e. The Balaban J connectivity index is 2.63. The van der Waals surface area contributed by atoms with Crippen molar-refractivity contribution in [1.29, 1.82) is 0 Å². The Morgan fingerprint density at radius 1 is 1.32 bits per heavy atom. The van der Waals surface area contributed by atoms with Crippen LogP contribution in [0.25, 0.3) is 0 Å². The number of carbonyl (C=O) groups excluding carboxylic acids is 1. The summed E-state index contributed by atoms with van der Waals surface area (Å²) < 4.78 is 5.60. The van der Waals surface area contributed by atoms with Gasteiger partial charge >= 0.3 is 12.0 Å². The standard InChI is InChI=1S/C15H22N2O5/c1-10(2)8-22-12-7-5-4-6-11(12)17-14(20)16-9-15(3,21)13(18)19/h4-7,10,21H,8-9H2,1-3H3,(H,18,19)(H2,16,17,20). The normalized spacial score (nSPS) is 13.3. The molecule has 0 aromatic heterocycles. The Morgan fingerprint density at radius 3 is 2.55 bits per heavy atom. The van der Waals surface area contributed by atoms with Crippen LogP contribution in [-0.2, 0) is 4.79 Å². The molecule has 0 saturated carbocycles. The van der Waals surface area contributed by atoms with E-state index in [2.05, 4.69) is 10.6 Å². The first-order chi connectivity index (χ1) is 10.2. The molecule has 122 valence electrons. The highest BCUT2D eigenvalue weighted by molar-refractivity contribution is 5.91. The van der Waals surface area contributed by atoms with Crippen LogP contribution in [0.3, 0.4) is 0 Å². The number of benzene rings is 1. The summed E-state index contributed by atoms with van der Waals surface area (Å²) in [4.78, 5) is 22.5. The SMILES string of the molecule is CC(C)COc1ccccc1NC(=O)NCC(C)(O)C(=O)O. The van der Waals surface area contributed by atoms with E-state index in [9.17, 15) is 14.7 Å². The highest BCUT2D eigenvalue weighted by Crippen LogP contribution is 2.24. The minimum atomic E-state index is -2.02. The lowest BCUT2D eigenvalue weighted by atomic mass is 10.1. The Kier molecular flexibility index (Phi) is 6.18. The van der Waals surface area contributed by atoms with Crippen molar-refractivity contribution in [2.45, 2.75) is 26.4 Å². The fourth-order valence-electron chi connectivity index (χ4n) is 1.45. The number of aliphatic carboxylic acids is 1. The summed E-state index contributed by atoms with van der Waals surface area (Å²) >= 11 is 0. The number of carboxylic acid groups (broad SMARTS) is 1. The molecule has 0 aliphatic carbocycles. The summed E-state index contributed by atoms with van der Waals surface area (Å²) in [5.41, 5.74) is -1.55. The first-order valence-electron chi connectivity index (χ1n) is 6.95. The number of rotatable bonds is 7. The van der Waals surface area contributed by atoms with Crippen LogP contribution in [0.4, 0.5) is 10.5 Å². The molecule has 1 unspecified atom stereocenters. The van der Waals surface area contributed by atoms with Crippen LogP contribution >= 0.6 is 0 Å². The largest absolute Gasteiger partial charge is 0.491 e. The zero-order valence-electron chi connectivity index (χ0n) is 12.9. The number of anilines is 1. The number of hydrogen-bond acceptors (Lipinski definition) is 4. The Bertz CT molecular complexity index is 528. The van der Waals surface area contributed by atoms with Gasteiger partial charge in [0, 0.05) is 0 Å². The molecule has 0 saturated heterocycles. The van der Waals surface area contributed by atoms with Crippen molar-refractivity contribution in [2.24, 2.45) is 5.92 Å². The lowest BCUT2D eigenvalue weighted by molar-refractivity contribution is -0.155. The van der Waals surface area contributed by atoms with Gasteiger partial charge < -0.3 is 25.6 Å². The van der Waals surface area contributed by atoms with Crippen LogP contribution in [0.15, 0.2) is 24.3 Å². The van der Waals surface area contributed by atoms with E-state index in [-0.39, 0.29) is 0 Å². The van der Waals surface area contributed by atoms with E-state index in [0.29, 0.717) is 24.0 Å². The van der Waals surface area contributed by atoms with E-state index in [0.717, 1.165) is 6.92 Å². The van der Waals surface area contributed by atoms with Gasteiger partial charge in [0.2, 0.25) is 0 Å². The fraction of sp³-hybridized carbons (Fsp3) is 0.467. The molecule has 0 spiro atoms. The van der Waals surface area contributed by atoms with Crippen molar-refractivity contribution in [1.82, 2.24) is 5.32 Å². The number of carbonyl (C=O) groups is 2.